The summed E-state index contributed by atoms with van der Waals surface area (Å²) in [5.41, 5.74) is -1.22. The minimum absolute atomic E-state index is 0.107. The molecule has 2 aromatic rings. The van der Waals surface area contributed by atoms with Gasteiger partial charge in [0.25, 0.3) is 0 Å². The molecule has 0 atom stereocenters. The third-order valence-corrected chi connectivity index (χ3v) is 3.11. The zero-order valence-electron chi connectivity index (χ0n) is 11.8. The molecule has 2 rings (SSSR count). The molecule has 25 heavy (non-hydrogen) atoms. The smallest absolute Gasteiger partial charge is 0.397 e. The van der Waals surface area contributed by atoms with E-state index in [0.717, 1.165) is 0 Å². The Morgan fingerprint density at radius 3 is 1.44 bits per heavy atom. The minimum Gasteiger partial charge on any atom is -0.397 e. The molecule has 1 aromatic heterocycles. The van der Waals surface area contributed by atoms with Crippen molar-refractivity contribution in [3.05, 3.63) is 47.2 Å². The molecule has 0 aliphatic heterocycles. The standard InChI is InChI=1S/C14H7F9N2/c15-12(16,17)7-1-6(2-8(3-7)13(18,19)20)11-10(24)4-9(5-25-11)14(21,22)23/h1-5H,24H2. The molecule has 0 bridgehead atoms. The molecule has 1 aromatic carbocycles. The number of rotatable bonds is 1. The van der Waals surface area contributed by atoms with Crippen LogP contribution in [0.3, 0.4) is 0 Å². The molecule has 1 heterocycles. The molecule has 0 saturated heterocycles. The predicted octanol–water partition coefficient (Wildman–Crippen LogP) is 5.39. The first kappa shape index (κ1) is 18.9. The summed E-state index contributed by atoms with van der Waals surface area (Å²) in [7, 11) is 0. The Labute approximate surface area is 134 Å². The van der Waals surface area contributed by atoms with E-state index in [4.69, 9.17) is 5.73 Å². The summed E-state index contributed by atoms with van der Waals surface area (Å²) < 4.78 is 114. The molecule has 2 N–H and O–H groups in total. The van der Waals surface area contributed by atoms with Gasteiger partial charge in [-0.1, -0.05) is 0 Å². The second kappa shape index (κ2) is 5.81. The van der Waals surface area contributed by atoms with Crippen molar-refractivity contribution in [2.45, 2.75) is 18.5 Å². The normalized spacial score (nSPS) is 13.2. The van der Waals surface area contributed by atoms with Gasteiger partial charge < -0.3 is 5.73 Å². The van der Waals surface area contributed by atoms with Crippen molar-refractivity contribution in [2.24, 2.45) is 0 Å². The summed E-state index contributed by atoms with van der Waals surface area (Å²) in [5.74, 6) is 0. The summed E-state index contributed by atoms with van der Waals surface area (Å²) in [4.78, 5) is 3.28. The fourth-order valence-corrected chi connectivity index (χ4v) is 1.97. The lowest BCUT2D eigenvalue weighted by Gasteiger charge is -2.15. The lowest BCUT2D eigenvalue weighted by molar-refractivity contribution is -0.143. The molecule has 0 aliphatic carbocycles. The van der Waals surface area contributed by atoms with E-state index in [1.54, 1.807) is 0 Å². The van der Waals surface area contributed by atoms with Gasteiger partial charge in [-0.3, -0.25) is 4.98 Å². The van der Waals surface area contributed by atoms with E-state index in [9.17, 15) is 39.5 Å². The third-order valence-electron chi connectivity index (χ3n) is 3.11. The Balaban J connectivity index is 2.67. The van der Waals surface area contributed by atoms with E-state index in [1.807, 2.05) is 0 Å². The number of halogens is 9. The van der Waals surface area contributed by atoms with Crippen LogP contribution in [-0.4, -0.2) is 4.98 Å². The molecular formula is C14H7F9N2. The van der Waals surface area contributed by atoms with Crippen molar-refractivity contribution in [2.75, 3.05) is 5.73 Å². The number of nitrogen functional groups attached to an aromatic ring is 1. The molecule has 2 nitrogen and oxygen atoms in total. The van der Waals surface area contributed by atoms with Crippen molar-refractivity contribution < 1.29 is 39.5 Å². The van der Waals surface area contributed by atoms with Crippen molar-refractivity contribution in [3.63, 3.8) is 0 Å². The highest BCUT2D eigenvalue weighted by molar-refractivity contribution is 5.74. The summed E-state index contributed by atoms with van der Waals surface area (Å²) in [6, 6.07) is 0.946. The third kappa shape index (κ3) is 4.15. The van der Waals surface area contributed by atoms with E-state index in [0.29, 0.717) is 18.2 Å². The molecule has 0 unspecified atom stereocenters. The number of benzene rings is 1. The van der Waals surface area contributed by atoms with Crippen LogP contribution in [0.15, 0.2) is 30.5 Å². The molecule has 11 heteroatoms. The van der Waals surface area contributed by atoms with Crippen LogP contribution in [-0.2, 0) is 18.5 Å². The quantitative estimate of drug-likeness (QED) is 0.680. The van der Waals surface area contributed by atoms with Crippen LogP contribution in [0.1, 0.15) is 16.7 Å². The molecular weight excluding hydrogens is 367 g/mol. The van der Waals surface area contributed by atoms with Crippen LogP contribution in [0.2, 0.25) is 0 Å². The van der Waals surface area contributed by atoms with Crippen molar-refractivity contribution >= 4 is 5.69 Å². The van der Waals surface area contributed by atoms with Gasteiger partial charge >= 0.3 is 18.5 Å². The Hall–Kier alpha value is -2.46. The lowest BCUT2D eigenvalue weighted by Crippen LogP contribution is -2.12. The number of anilines is 1. The van der Waals surface area contributed by atoms with Gasteiger partial charge in [-0.25, -0.2) is 0 Å². The number of nitrogens with zero attached hydrogens (tertiary/aromatic N) is 1. The monoisotopic (exact) mass is 374 g/mol. The molecule has 0 aliphatic rings. The SMILES string of the molecule is Nc1cc(C(F)(F)F)cnc1-c1cc(C(F)(F)F)cc(C(F)(F)F)c1. The Morgan fingerprint density at radius 2 is 1.08 bits per heavy atom. The first-order valence-electron chi connectivity index (χ1n) is 6.32. The molecule has 136 valence electrons. The number of hydrogen-bond acceptors (Lipinski definition) is 2. The highest BCUT2D eigenvalue weighted by Gasteiger charge is 2.37. The van der Waals surface area contributed by atoms with E-state index in [1.165, 1.54) is 0 Å². The van der Waals surface area contributed by atoms with Gasteiger partial charge in [-0.05, 0) is 24.3 Å². The van der Waals surface area contributed by atoms with Crippen molar-refractivity contribution in [1.82, 2.24) is 4.98 Å². The van der Waals surface area contributed by atoms with Crippen LogP contribution in [0.5, 0.6) is 0 Å². The van der Waals surface area contributed by atoms with Gasteiger partial charge in [0.1, 0.15) is 0 Å². The molecule has 0 radical (unpaired) electrons. The topological polar surface area (TPSA) is 38.9 Å². The predicted molar refractivity (Wildman–Crippen MR) is 69.1 cm³/mol. The van der Waals surface area contributed by atoms with Crippen LogP contribution in [0.4, 0.5) is 45.2 Å². The zero-order valence-corrected chi connectivity index (χ0v) is 11.8. The highest BCUT2D eigenvalue weighted by atomic mass is 19.4. The largest absolute Gasteiger partial charge is 0.417 e. The van der Waals surface area contributed by atoms with E-state index < -0.39 is 52.2 Å². The molecule has 0 amide bonds. The maximum absolute atomic E-state index is 12.8. The second-order valence-electron chi connectivity index (χ2n) is 4.95. The number of aromatic nitrogens is 1. The maximum Gasteiger partial charge on any atom is 0.417 e. The van der Waals surface area contributed by atoms with Gasteiger partial charge in [-0.15, -0.1) is 0 Å². The van der Waals surface area contributed by atoms with Gasteiger partial charge in [0.2, 0.25) is 0 Å². The number of alkyl halides is 9. The molecule has 0 fully saturated rings. The number of nitrogens with two attached hydrogens (primary N) is 1. The van der Waals surface area contributed by atoms with Crippen LogP contribution < -0.4 is 5.73 Å². The fraction of sp³-hybridized carbons (Fsp3) is 0.214. The summed E-state index contributed by atoms with van der Waals surface area (Å²) in [6.45, 7) is 0. The Kier molecular flexibility index (Phi) is 4.39. The minimum atomic E-state index is -5.10. The Bertz CT molecular complexity index is 756. The molecule has 0 saturated carbocycles. The number of pyridine rings is 1. The first-order valence-corrected chi connectivity index (χ1v) is 6.32. The first-order chi connectivity index (χ1) is 11.2. The van der Waals surface area contributed by atoms with Crippen LogP contribution in [0, 0.1) is 0 Å². The average Bonchev–Trinajstić information content (AvgIpc) is 2.43. The van der Waals surface area contributed by atoms with Crippen LogP contribution >= 0.6 is 0 Å². The maximum atomic E-state index is 12.8. The average molecular weight is 374 g/mol. The van der Waals surface area contributed by atoms with E-state index in [-0.39, 0.29) is 12.3 Å². The highest BCUT2D eigenvalue weighted by Crippen LogP contribution is 2.40. The van der Waals surface area contributed by atoms with Gasteiger partial charge in [0.15, 0.2) is 0 Å². The Morgan fingerprint density at radius 1 is 0.640 bits per heavy atom. The van der Waals surface area contributed by atoms with Gasteiger partial charge in [0.05, 0.1) is 28.1 Å². The van der Waals surface area contributed by atoms with E-state index >= 15 is 0 Å². The van der Waals surface area contributed by atoms with E-state index in [2.05, 4.69) is 4.98 Å². The zero-order chi connectivity index (χ0) is 19.2. The molecule has 0 spiro atoms. The van der Waals surface area contributed by atoms with Crippen molar-refractivity contribution in [1.29, 1.82) is 0 Å². The fourth-order valence-electron chi connectivity index (χ4n) is 1.97. The van der Waals surface area contributed by atoms with Crippen molar-refractivity contribution in [3.8, 4) is 11.3 Å². The lowest BCUT2D eigenvalue weighted by atomic mass is 10.0. The van der Waals surface area contributed by atoms with Gasteiger partial charge in [0, 0.05) is 11.8 Å². The summed E-state index contributed by atoms with van der Waals surface area (Å²) >= 11 is 0. The second-order valence-corrected chi connectivity index (χ2v) is 4.95. The number of hydrogen-bond donors (Lipinski definition) is 1. The summed E-state index contributed by atoms with van der Waals surface area (Å²) in [6.07, 6.45) is -14.7. The van der Waals surface area contributed by atoms with Gasteiger partial charge in [-0.2, -0.15) is 39.5 Å². The van der Waals surface area contributed by atoms with Crippen LogP contribution in [0.25, 0.3) is 11.3 Å². The summed E-state index contributed by atoms with van der Waals surface area (Å²) in [5, 5.41) is 0.